The van der Waals surface area contributed by atoms with Gasteiger partial charge in [0.15, 0.2) is 0 Å². The first-order valence-corrected chi connectivity index (χ1v) is 6.03. The maximum Gasteiger partial charge on any atom is 0.310 e. The van der Waals surface area contributed by atoms with E-state index in [1.165, 1.54) is 0 Å². The summed E-state index contributed by atoms with van der Waals surface area (Å²) >= 11 is 3.32. The van der Waals surface area contributed by atoms with Gasteiger partial charge in [-0.05, 0) is 30.7 Å². The number of aliphatic carboxylic acids is 1. The SMILES string of the molecule is COCCC(COc1ccc(Br)cc1)C(=O)O. The smallest absolute Gasteiger partial charge is 0.310 e. The molecule has 0 fully saturated rings. The molecule has 0 heterocycles. The lowest BCUT2D eigenvalue weighted by Gasteiger charge is -2.13. The van der Waals surface area contributed by atoms with Crippen molar-refractivity contribution >= 4 is 21.9 Å². The molecule has 1 aromatic carbocycles. The molecular formula is C12H15BrO4. The number of benzene rings is 1. The fourth-order valence-corrected chi connectivity index (χ4v) is 1.53. The van der Waals surface area contributed by atoms with Crippen LogP contribution in [0.25, 0.3) is 0 Å². The molecule has 94 valence electrons. The van der Waals surface area contributed by atoms with E-state index in [2.05, 4.69) is 15.9 Å². The number of carboxylic acids is 1. The zero-order chi connectivity index (χ0) is 12.7. The lowest BCUT2D eigenvalue weighted by molar-refractivity contribution is -0.143. The van der Waals surface area contributed by atoms with E-state index in [9.17, 15) is 4.79 Å². The summed E-state index contributed by atoms with van der Waals surface area (Å²) in [6.45, 7) is 0.570. The number of rotatable bonds is 7. The molecule has 0 aromatic heterocycles. The third kappa shape index (κ3) is 5.19. The second-order valence-corrected chi connectivity index (χ2v) is 4.50. The van der Waals surface area contributed by atoms with Crippen LogP contribution in [0.4, 0.5) is 0 Å². The number of halogens is 1. The summed E-state index contributed by atoms with van der Waals surface area (Å²) in [5, 5.41) is 8.98. The van der Waals surface area contributed by atoms with Crippen LogP contribution in [0.5, 0.6) is 5.75 Å². The summed E-state index contributed by atoms with van der Waals surface area (Å²) < 4.78 is 11.2. The van der Waals surface area contributed by atoms with Crippen molar-refractivity contribution in [3.05, 3.63) is 28.7 Å². The topological polar surface area (TPSA) is 55.8 Å². The summed E-state index contributed by atoms with van der Waals surface area (Å²) in [5.74, 6) is -0.741. The molecule has 1 atom stereocenters. The zero-order valence-electron chi connectivity index (χ0n) is 9.56. The van der Waals surface area contributed by atoms with E-state index in [1.54, 1.807) is 19.2 Å². The highest BCUT2D eigenvalue weighted by Gasteiger charge is 2.17. The maximum atomic E-state index is 10.9. The van der Waals surface area contributed by atoms with Gasteiger partial charge in [-0.15, -0.1) is 0 Å². The molecule has 5 heteroatoms. The number of carboxylic acid groups (broad SMARTS) is 1. The molecule has 1 rings (SSSR count). The van der Waals surface area contributed by atoms with Crippen molar-refractivity contribution in [3.63, 3.8) is 0 Å². The highest BCUT2D eigenvalue weighted by atomic mass is 79.9. The summed E-state index contributed by atoms with van der Waals surface area (Å²) in [4.78, 5) is 10.9. The predicted octanol–water partition coefficient (Wildman–Crippen LogP) is 2.57. The predicted molar refractivity (Wildman–Crippen MR) is 67.3 cm³/mol. The Bertz CT molecular complexity index is 350. The van der Waals surface area contributed by atoms with Crippen molar-refractivity contribution in [2.75, 3.05) is 20.3 Å². The van der Waals surface area contributed by atoms with E-state index in [-0.39, 0.29) is 6.61 Å². The standard InChI is InChI=1S/C12H15BrO4/c1-16-7-6-9(12(14)15)8-17-11-4-2-10(13)3-5-11/h2-5,9H,6-8H2,1H3,(H,14,15). The highest BCUT2D eigenvalue weighted by molar-refractivity contribution is 9.10. The van der Waals surface area contributed by atoms with Gasteiger partial charge in [0.25, 0.3) is 0 Å². The van der Waals surface area contributed by atoms with Crippen LogP contribution in [-0.4, -0.2) is 31.4 Å². The van der Waals surface area contributed by atoms with E-state index in [0.717, 1.165) is 4.47 Å². The molecule has 4 nitrogen and oxygen atoms in total. The van der Waals surface area contributed by atoms with Gasteiger partial charge in [-0.25, -0.2) is 0 Å². The lowest BCUT2D eigenvalue weighted by Crippen LogP contribution is -2.23. The Balaban J connectivity index is 2.45. The Hall–Kier alpha value is -1.07. The van der Waals surface area contributed by atoms with Gasteiger partial charge in [0, 0.05) is 18.2 Å². The van der Waals surface area contributed by atoms with Crippen molar-refractivity contribution in [1.29, 1.82) is 0 Å². The Morgan fingerprint density at radius 2 is 2.06 bits per heavy atom. The van der Waals surface area contributed by atoms with E-state index >= 15 is 0 Å². The van der Waals surface area contributed by atoms with Crippen molar-refractivity contribution in [2.45, 2.75) is 6.42 Å². The van der Waals surface area contributed by atoms with Gasteiger partial charge in [0.1, 0.15) is 12.4 Å². The van der Waals surface area contributed by atoms with E-state index in [0.29, 0.717) is 18.8 Å². The number of hydrogen-bond donors (Lipinski definition) is 1. The molecule has 0 aliphatic rings. The average Bonchev–Trinajstić information content (AvgIpc) is 2.31. The zero-order valence-corrected chi connectivity index (χ0v) is 11.1. The minimum Gasteiger partial charge on any atom is -0.493 e. The molecule has 0 saturated heterocycles. The Labute approximate surface area is 109 Å². The number of carbonyl (C=O) groups is 1. The number of ether oxygens (including phenoxy) is 2. The van der Waals surface area contributed by atoms with Crippen LogP contribution in [0.2, 0.25) is 0 Å². The third-order valence-electron chi connectivity index (χ3n) is 2.28. The molecule has 0 saturated carbocycles. The van der Waals surface area contributed by atoms with E-state index in [4.69, 9.17) is 14.6 Å². The van der Waals surface area contributed by atoms with Crippen molar-refractivity contribution < 1.29 is 19.4 Å². The molecule has 0 radical (unpaired) electrons. The van der Waals surface area contributed by atoms with Crippen molar-refractivity contribution in [1.82, 2.24) is 0 Å². The maximum absolute atomic E-state index is 10.9. The quantitative estimate of drug-likeness (QED) is 0.841. The normalized spacial score (nSPS) is 12.1. The Morgan fingerprint density at radius 3 is 2.59 bits per heavy atom. The monoisotopic (exact) mass is 302 g/mol. The van der Waals surface area contributed by atoms with Crippen LogP contribution in [-0.2, 0) is 9.53 Å². The Morgan fingerprint density at radius 1 is 1.41 bits per heavy atom. The first kappa shape index (κ1) is 14.0. The van der Waals surface area contributed by atoms with Crippen LogP contribution in [0.3, 0.4) is 0 Å². The molecule has 1 N–H and O–H groups in total. The summed E-state index contributed by atoms with van der Waals surface area (Å²) in [5.41, 5.74) is 0. The van der Waals surface area contributed by atoms with Crippen LogP contribution in [0.15, 0.2) is 28.7 Å². The molecular weight excluding hydrogens is 288 g/mol. The highest BCUT2D eigenvalue weighted by Crippen LogP contribution is 2.17. The summed E-state index contributed by atoms with van der Waals surface area (Å²) in [6, 6.07) is 7.28. The van der Waals surface area contributed by atoms with Gasteiger partial charge in [-0.2, -0.15) is 0 Å². The van der Waals surface area contributed by atoms with Crippen LogP contribution >= 0.6 is 15.9 Å². The fraction of sp³-hybridized carbons (Fsp3) is 0.417. The molecule has 0 aliphatic heterocycles. The number of methoxy groups -OCH3 is 1. The average molecular weight is 303 g/mol. The minimum atomic E-state index is -0.862. The van der Waals surface area contributed by atoms with Gasteiger partial charge in [0.2, 0.25) is 0 Å². The van der Waals surface area contributed by atoms with Crippen molar-refractivity contribution in [2.24, 2.45) is 5.92 Å². The second-order valence-electron chi connectivity index (χ2n) is 3.58. The van der Waals surface area contributed by atoms with Crippen LogP contribution in [0.1, 0.15) is 6.42 Å². The van der Waals surface area contributed by atoms with Gasteiger partial charge >= 0.3 is 5.97 Å². The minimum absolute atomic E-state index is 0.153. The summed E-state index contributed by atoms with van der Waals surface area (Å²) in [7, 11) is 1.55. The van der Waals surface area contributed by atoms with Crippen LogP contribution < -0.4 is 4.74 Å². The molecule has 1 unspecified atom stereocenters. The number of hydrogen-bond acceptors (Lipinski definition) is 3. The Kier molecular flexibility index (Phi) is 6.00. The molecule has 17 heavy (non-hydrogen) atoms. The lowest BCUT2D eigenvalue weighted by atomic mass is 10.1. The largest absolute Gasteiger partial charge is 0.493 e. The van der Waals surface area contributed by atoms with Gasteiger partial charge in [-0.1, -0.05) is 15.9 Å². The first-order valence-electron chi connectivity index (χ1n) is 5.23. The van der Waals surface area contributed by atoms with E-state index < -0.39 is 11.9 Å². The summed E-state index contributed by atoms with van der Waals surface area (Å²) in [6.07, 6.45) is 0.447. The van der Waals surface area contributed by atoms with Gasteiger partial charge in [0.05, 0.1) is 5.92 Å². The first-order chi connectivity index (χ1) is 8.13. The third-order valence-corrected chi connectivity index (χ3v) is 2.81. The molecule has 1 aromatic rings. The van der Waals surface area contributed by atoms with Crippen molar-refractivity contribution in [3.8, 4) is 5.75 Å². The van der Waals surface area contributed by atoms with Crippen LogP contribution in [0, 0.1) is 5.92 Å². The van der Waals surface area contributed by atoms with Gasteiger partial charge < -0.3 is 14.6 Å². The van der Waals surface area contributed by atoms with Gasteiger partial charge in [-0.3, -0.25) is 4.79 Å². The molecule has 0 bridgehead atoms. The second kappa shape index (κ2) is 7.29. The molecule has 0 aliphatic carbocycles. The molecule has 0 amide bonds. The van der Waals surface area contributed by atoms with E-state index in [1.807, 2.05) is 12.1 Å². The molecule has 0 spiro atoms. The fourth-order valence-electron chi connectivity index (χ4n) is 1.27.